The molecule has 0 spiro atoms. The molecule has 1 amide bonds. The van der Waals surface area contributed by atoms with Gasteiger partial charge in [0.05, 0.1) is 5.56 Å². The van der Waals surface area contributed by atoms with E-state index in [1.807, 2.05) is 6.92 Å². The van der Waals surface area contributed by atoms with E-state index in [1.165, 1.54) is 12.4 Å². The molecule has 1 unspecified atom stereocenters. The monoisotopic (exact) mass is 275 g/mol. The van der Waals surface area contributed by atoms with Crippen molar-refractivity contribution in [2.45, 2.75) is 33.2 Å². The van der Waals surface area contributed by atoms with Crippen molar-refractivity contribution in [2.75, 3.05) is 10.6 Å². The van der Waals surface area contributed by atoms with Crippen molar-refractivity contribution in [3.8, 4) is 0 Å². The maximum Gasteiger partial charge on any atom is 0.260 e. The summed E-state index contributed by atoms with van der Waals surface area (Å²) in [5, 5.41) is 9.42. The largest absolute Gasteiger partial charge is 0.360 e. The molecule has 0 fully saturated rings. The molecule has 20 heavy (non-hydrogen) atoms. The molecular weight excluding hydrogens is 258 g/mol. The Morgan fingerprint density at radius 1 is 1.40 bits per heavy atom. The molecule has 0 aliphatic heterocycles. The number of aromatic nitrogens is 3. The predicted molar refractivity (Wildman–Crippen MR) is 74.6 cm³/mol. The summed E-state index contributed by atoms with van der Waals surface area (Å²) < 4.78 is 4.87. The van der Waals surface area contributed by atoms with E-state index in [0.29, 0.717) is 23.1 Å². The number of rotatable bonds is 5. The van der Waals surface area contributed by atoms with Gasteiger partial charge in [-0.15, -0.1) is 0 Å². The number of hydrogen-bond acceptors (Lipinski definition) is 6. The van der Waals surface area contributed by atoms with Crippen molar-refractivity contribution in [3.05, 3.63) is 29.8 Å². The Labute approximate surface area is 116 Å². The number of nitrogens with zero attached hydrogens (tertiary/aromatic N) is 3. The van der Waals surface area contributed by atoms with Crippen LogP contribution in [0.1, 0.15) is 36.4 Å². The Balaban J connectivity index is 2.00. The molecule has 0 saturated carbocycles. The standard InChI is InChI=1S/C13H17N5O2/c1-4-8(2)16-13-14-6-10(7-15-13)12(19)17-11-5-9(3)20-18-11/h5-8H,4H2,1-3H3,(H,14,15,16)(H,17,18,19). The second-order valence-electron chi connectivity index (χ2n) is 4.53. The summed E-state index contributed by atoms with van der Waals surface area (Å²) in [6.45, 7) is 5.86. The van der Waals surface area contributed by atoms with Gasteiger partial charge in [-0.3, -0.25) is 4.79 Å². The van der Waals surface area contributed by atoms with Crippen LogP contribution in [0.3, 0.4) is 0 Å². The number of carbonyl (C=O) groups is 1. The number of hydrogen-bond donors (Lipinski definition) is 2. The van der Waals surface area contributed by atoms with Gasteiger partial charge in [0.2, 0.25) is 5.95 Å². The summed E-state index contributed by atoms with van der Waals surface area (Å²) in [4.78, 5) is 20.1. The lowest BCUT2D eigenvalue weighted by Gasteiger charge is -2.10. The fourth-order valence-electron chi connectivity index (χ4n) is 1.46. The van der Waals surface area contributed by atoms with Crippen LogP contribution in [0.15, 0.2) is 23.0 Å². The van der Waals surface area contributed by atoms with Crippen LogP contribution >= 0.6 is 0 Å². The number of anilines is 2. The van der Waals surface area contributed by atoms with Gasteiger partial charge < -0.3 is 15.2 Å². The molecule has 0 bridgehead atoms. The molecule has 2 heterocycles. The van der Waals surface area contributed by atoms with E-state index >= 15 is 0 Å². The zero-order chi connectivity index (χ0) is 14.5. The van der Waals surface area contributed by atoms with Crippen LogP contribution in [-0.2, 0) is 0 Å². The van der Waals surface area contributed by atoms with Gasteiger partial charge >= 0.3 is 0 Å². The Bertz CT molecular complexity index is 579. The molecular formula is C13H17N5O2. The first-order chi connectivity index (χ1) is 9.58. The zero-order valence-electron chi connectivity index (χ0n) is 11.7. The minimum Gasteiger partial charge on any atom is -0.360 e. The average Bonchev–Trinajstić information content (AvgIpc) is 2.84. The summed E-state index contributed by atoms with van der Waals surface area (Å²) >= 11 is 0. The SMILES string of the molecule is CCC(C)Nc1ncc(C(=O)Nc2cc(C)on2)cn1. The third-order valence-corrected chi connectivity index (χ3v) is 2.77. The van der Waals surface area contributed by atoms with Gasteiger partial charge in [-0.05, 0) is 20.3 Å². The van der Waals surface area contributed by atoms with Crippen molar-refractivity contribution < 1.29 is 9.32 Å². The van der Waals surface area contributed by atoms with E-state index in [4.69, 9.17) is 4.52 Å². The Morgan fingerprint density at radius 2 is 2.10 bits per heavy atom. The minimum atomic E-state index is -0.326. The first kappa shape index (κ1) is 14.0. The molecule has 0 aliphatic carbocycles. The van der Waals surface area contributed by atoms with Gasteiger partial charge in [0, 0.05) is 24.5 Å². The normalized spacial score (nSPS) is 11.9. The van der Waals surface area contributed by atoms with Crippen LogP contribution in [0.5, 0.6) is 0 Å². The van der Waals surface area contributed by atoms with Crippen LogP contribution < -0.4 is 10.6 Å². The van der Waals surface area contributed by atoms with Crippen molar-refractivity contribution in [1.82, 2.24) is 15.1 Å². The smallest absolute Gasteiger partial charge is 0.260 e. The second kappa shape index (κ2) is 6.14. The Morgan fingerprint density at radius 3 is 2.65 bits per heavy atom. The van der Waals surface area contributed by atoms with Gasteiger partial charge in [-0.2, -0.15) is 0 Å². The van der Waals surface area contributed by atoms with Crippen molar-refractivity contribution in [2.24, 2.45) is 0 Å². The van der Waals surface area contributed by atoms with Crippen LogP contribution in [-0.4, -0.2) is 27.1 Å². The van der Waals surface area contributed by atoms with Crippen LogP contribution in [0, 0.1) is 6.92 Å². The van der Waals surface area contributed by atoms with E-state index in [2.05, 4.69) is 32.7 Å². The molecule has 7 nitrogen and oxygen atoms in total. The highest BCUT2D eigenvalue weighted by molar-refractivity contribution is 6.03. The molecule has 2 N–H and O–H groups in total. The van der Waals surface area contributed by atoms with Crippen LogP contribution in [0.25, 0.3) is 0 Å². The lowest BCUT2D eigenvalue weighted by Crippen LogP contribution is -2.17. The fraction of sp³-hybridized carbons (Fsp3) is 0.385. The van der Waals surface area contributed by atoms with E-state index in [0.717, 1.165) is 6.42 Å². The molecule has 0 radical (unpaired) electrons. The maximum absolute atomic E-state index is 11.9. The van der Waals surface area contributed by atoms with Gasteiger partial charge in [0.15, 0.2) is 5.82 Å². The van der Waals surface area contributed by atoms with Gasteiger partial charge in [-0.1, -0.05) is 12.1 Å². The molecule has 0 saturated heterocycles. The third kappa shape index (κ3) is 3.53. The lowest BCUT2D eigenvalue weighted by atomic mass is 10.3. The highest BCUT2D eigenvalue weighted by atomic mass is 16.5. The molecule has 2 aromatic rings. The molecule has 7 heteroatoms. The minimum absolute atomic E-state index is 0.285. The maximum atomic E-state index is 11.9. The summed E-state index contributed by atoms with van der Waals surface area (Å²) in [6, 6.07) is 1.92. The Hall–Kier alpha value is -2.44. The zero-order valence-corrected chi connectivity index (χ0v) is 11.7. The first-order valence-electron chi connectivity index (χ1n) is 6.41. The summed E-state index contributed by atoms with van der Waals surface area (Å²) in [5.41, 5.74) is 0.361. The fourth-order valence-corrected chi connectivity index (χ4v) is 1.46. The second-order valence-corrected chi connectivity index (χ2v) is 4.53. The van der Waals surface area contributed by atoms with Gasteiger partial charge in [0.1, 0.15) is 5.76 Å². The summed E-state index contributed by atoms with van der Waals surface area (Å²) in [5.74, 6) is 1.18. The van der Waals surface area contributed by atoms with E-state index in [1.54, 1.807) is 13.0 Å². The molecule has 106 valence electrons. The molecule has 2 rings (SSSR count). The summed E-state index contributed by atoms with van der Waals surface area (Å²) in [6.07, 6.45) is 3.91. The van der Waals surface area contributed by atoms with Crippen molar-refractivity contribution >= 4 is 17.7 Å². The topological polar surface area (TPSA) is 92.9 Å². The van der Waals surface area contributed by atoms with Crippen LogP contribution in [0.4, 0.5) is 11.8 Å². The van der Waals surface area contributed by atoms with Gasteiger partial charge in [-0.25, -0.2) is 9.97 Å². The lowest BCUT2D eigenvalue weighted by molar-refractivity contribution is 0.102. The first-order valence-corrected chi connectivity index (χ1v) is 6.41. The number of amides is 1. The predicted octanol–water partition coefficient (Wildman–Crippen LogP) is 2.24. The quantitative estimate of drug-likeness (QED) is 0.869. The highest BCUT2D eigenvalue weighted by Gasteiger charge is 2.10. The highest BCUT2D eigenvalue weighted by Crippen LogP contribution is 2.09. The van der Waals surface area contributed by atoms with Gasteiger partial charge in [0.25, 0.3) is 5.91 Å². The molecule has 0 aliphatic rings. The molecule has 1 atom stereocenters. The van der Waals surface area contributed by atoms with Crippen molar-refractivity contribution in [3.63, 3.8) is 0 Å². The average molecular weight is 275 g/mol. The molecule has 2 aromatic heterocycles. The molecule has 0 aromatic carbocycles. The van der Waals surface area contributed by atoms with E-state index in [-0.39, 0.29) is 11.9 Å². The van der Waals surface area contributed by atoms with Crippen molar-refractivity contribution in [1.29, 1.82) is 0 Å². The van der Waals surface area contributed by atoms with E-state index < -0.39 is 0 Å². The number of aryl methyl sites for hydroxylation is 1. The summed E-state index contributed by atoms with van der Waals surface area (Å²) in [7, 11) is 0. The van der Waals surface area contributed by atoms with E-state index in [9.17, 15) is 4.79 Å². The third-order valence-electron chi connectivity index (χ3n) is 2.77. The Kier molecular flexibility index (Phi) is 4.29. The number of carbonyl (C=O) groups excluding carboxylic acids is 1. The number of nitrogens with one attached hydrogen (secondary N) is 2. The van der Waals surface area contributed by atoms with Crippen LogP contribution in [0.2, 0.25) is 0 Å².